The summed E-state index contributed by atoms with van der Waals surface area (Å²) in [7, 11) is 0. The maximum atomic E-state index is 12.8. The van der Waals surface area contributed by atoms with Crippen LogP contribution in [0.3, 0.4) is 0 Å². The molecule has 0 spiro atoms. The Morgan fingerprint density at radius 3 is 2.71 bits per heavy atom. The molecule has 0 fully saturated rings. The van der Waals surface area contributed by atoms with Crippen LogP contribution >= 0.6 is 23.2 Å². The molecule has 0 radical (unpaired) electrons. The van der Waals surface area contributed by atoms with Crippen molar-refractivity contribution in [2.24, 2.45) is 5.73 Å². The summed E-state index contributed by atoms with van der Waals surface area (Å²) in [5.74, 6) is -2.20. The van der Waals surface area contributed by atoms with Gasteiger partial charge in [0.1, 0.15) is 6.04 Å². The highest BCUT2D eigenvalue weighted by molar-refractivity contribution is 6.40. The third-order valence-corrected chi connectivity index (χ3v) is 5.59. The van der Waals surface area contributed by atoms with Gasteiger partial charge in [0.25, 0.3) is 11.8 Å². The van der Waals surface area contributed by atoms with Gasteiger partial charge < -0.3 is 21.1 Å². The van der Waals surface area contributed by atoms with Gasteiger partial charge in [-0.2, -0.15) is 0 Å². The van der Waals surface area contributed by atoms with Crippen molar-refractivity contribution >= 4 is 47.1 Å². The van der Waals surface area contributed by atoms with Gasteiger partial charge in [-0.25, -0.2) is 0 Å². The first-order chi connectivity index (χ1) is 14.7. The molecular formula is C21H20Cl2N4O4. The lowest BCUT2D eigenvalue weighted by atomic mass is 9.96. The van der Waals surface area contributed by atoms with Crippen molar-refractivity contribution in [2.45, 2.75) is 25.9 Å². The van der Waals surface area contributed by atoms with Gasteiger partial charge in [0.05, 0.1) is 27.0 Å². The third kappa shape index (κ3) is 4.98. The molecule has 0 bridgehead atoms. The number of fused-ring (bicyclic) bond motifs is 1. The number of nitrogens with two attached hydrogens (primary N) is 1. The van der Waals surface area contributed by atoms with Gasteiger partial charge in [-0.15, -0.1) is 0 Å². The van der Waals surface area contributed by atoms with Gasteiger partial charge in [0.15, 0.2) is 0 Å². The fraction of sp³-hybridized carbons (Fsp3) is 0.238. The smallest absolute Gasteiger partial charge is 0.325 e. The van der Waals surface area contributed by atoms with E-state index in [1.165, 1.54) is 13.0 Å². The van der Waals surface area contributed by atoms with Gasteiger partial charge in [0.2, 0.25) is 0 Å². The third-order valence-electron chi connectivity index (χ3n) is 4.88. The van der Waals surface area contributed by atoms with Crippen molar-refractivity contribution < 1.29 is 19.5 Å². The minimum Gasteiger partial charge on any atom is -0.480 e. The zero-order chi connectivity index (χ0) is 22.7. The number of carbonyl (C=O) groups is 3. The number of pyridine rings is 1. The molecule has 162 valence electrons. The van der Waals surface area contributed by atoms with Crippen LogP contribution in [0.5, 0.6) is 0 Å². The number of halogens is 2. The maximum absolute atomic E-state index is 12.8. The van der Waals surface area contributed by atoms with Gasteiger partial charge in [-0.05, 0) is 48.7 Å². The van der Waals surface area contributed by atoms with E-state index in [9.17, 15) is 14.4 Å². The van der Waals surface area contributed by atoms with Crippen LogP contribution in [-0.2, 0) is 22.6 Å². The fourth-order valence-electron chi connectivity index (χ4n) is 3.23. The van der Waals surface area contributed by atoms with Gasteiger partial charge in [-0.1, -0.05) is 29.3 Å². The second kappa shape index (κ2) is 9.36. The first-order valence-corrected chi connectivity index (χ1v) is 10.2. The molecule has 1 aliphatic heterocycles. The van der Waals surface area contributed by atoms with E-state index in [4.69, 9.17) is 34.0 Å². The molecule has 0 saturated heterocycles. The van der Waals surface area contributed by atoms with Crippen LogP contribution in [0.4, 0.5) is 0 Å². The van der Waals surface area contributed by atoms with E-state index < -0.39 is 17.9 Å². The van der Waals surface area contributed by atoms with Crippen molar-refractivity contribution in [3.8, 4) is 0 Å². The van der Waals surface area contributed by atoms with Crippen molar-refractivity contribution in [1.29, 1.82) is 0 Å². The molecular weight excluding hydrogens is 443 g/mol. The number of aromatic nitrogens is 1. The molecule has 2 heterocycles. The molecule has 0 aliphatic carbocycles. The van der Waals surface area contributed by atoms with E-state index in [1.54, 1.807) is 35.4 Å². The van der Waals surface area contributed by atoms with Crippen LogP contribution < -0.4 is 11.1 Å². The number of benzene rings is 1. The van der Waals surface area contributed by atoms with Crippen LogP contribution in [-0.4, -0.2) is 45.4 Å². The molecule has 4 N–H and O–H groups in total. The monoisotopic (exact) mass is 462 g/mol. The average molecular weight is 463 g/mol. The Hall–Kier alpha value is -3.10. The number of nitrogens with one attached hydrogen (secondary N) is 1. The predicted octanol–water partition coefficient (Wildman–Crippen LogP) is 2.48. The number of hydrogen-bond donors (Lipinski definition) is 3. The second-order valence-corrected chi connectivity index (χ2v) is 7.83. The summed E-state index contributed by atoms with van der Waals surface area (Å²) >= 11 is 12.7. The summed E-state index contributed by atoms with van der Waals surface area (Å²) in [6, 6.07) is 5.77. The quantitative estimate of drug-likeness (QED) is 0.585. The van der Waals surface area contributed by atoms with Crippen molar-refractivity contribution in [1.82, 2.24) is 15.2 Å². The zero-order valence-electron chi connectivity index (χ0n) is 16.6. The number of amides is 2. The Morgan fingerprint density at radius 2 is 2.06 bits per heavy atom. The number of carboxylic acids is 1. The first-order valence-electron chi connectivity index (χ1n) is 9.40. The normalized spacial score (nSPS) is 14.5. The lowest BCUT2D eigenvalue weighted by Crippen LogP contribution is -2.40. The Labute approximate surface area is 188 Å². The molecule has 3 rings (SSSR count). The molecule has 2 amide bonds. The van der Waals surface area contributed by atoms with E-state index in [2.05, 4.69) is 10.3 Å². The number of rotatable bonds is 5. The highest BCUT2D eigenvalue weighted by atomic mass is 35.5. The highest BCUT2D eigenvalue weighted by Crippen LogP contribution is 2.34. The van der Waals surface area contributed by atoms with E-state index in [1.807, 2.05) is 0 Å². The molecule has 10 heteroatoms. The van der Waals surface area contributed by atoms with Crippen LogP contribution in [0, 0.1) is 0 Å². The maximum Gasteiger partial charge on any atom is 0.325 e. The number of carbonyl (C=O) groups excluding carboxylic acids is 2. The van der Waals surface area contributed by atoms with Crippen molar-refractivity contribution in [3.63, 3.8) is 0 Å². The summed E-state index contributed by atoms with van der Waals surface area (Å²) in [6.45, 7) is 1.90. The molecule has 1 aromatic heterocycles. The van der Waals surface area contributed by atoms with E-state index in [0.717, 1.165) is 0 Å². The number of hydrogen-bond acceptors (Lipinski definition) is 5. The Balaban J connectivity index is 1.82. The topological polar surface area (TPSA) is 126 Å². The summed E-state index contributed by atoms with van der Waals surface area (Å²) in [4.78, 5) is 41.9. The molecule has 2 aromatic rings. The Kier molecular flexibility index (Phi) is 6.82. The molecule has 8 nitrogen and oxygen atoms in total. The van der Waals surface area contributed by atoms with Crippen molar-refractivity contribution in [2.75, 3.05) is 6.54 Å². The lowest BCUT2D eigenvalue weighted by molar-refractivity contribution is -0.138. The Morgan fingerprint density at radius 1 is 1.32 bits per heavy atom. The van der Waals surface area contributed by atoms with Gasteiger partial charge >= 0.3 is 5.97 Å². The SMILES string of the molecule is C[C@H](NC(=O)c1c(Cl)cc2c(c1Cl)CCN(C(=O)C(N)=Cc1ccccn1)C2)C(=O)O. The summed E-state index contributed by atoms with van der Waals surface area (Å²) in [6.07, 6.45) is 3.51. The molecule has 1 atom stereocenters. The summed E-state index contributed by atoms with van der Waals surface area (Å²) in [5, 5.41) is 11.6. The second-order valence-electron chi connectivity index (χ2n) is 7.05. The van der Waals surface area contributed by atoms with Crippen molar-refractivity contribution in [3.05, 3.63) is 68.6 Å². The standard InChI is InChI=1S/C21H20Cl2N4O4/c1-11(21(30)31)26-19(28)17-15(22)8-12-10-27(7-5-14(12)18(17)23)20(29)16(24)9-13-4-2-3-6-25-13/h2-4,6,8-9,11H,5,7,10,24H2,1H3,(H,26,28)(H,30,31)/t11-/m0/s1. The molecule has 0 saturated carbocycles. The van der Waals surface area contributed by atoms with E-state index in [-0.39, 0.29) is 33.8 Å². The minimum atomic E-state index is -1.18. The fourth-order valence-corrected chi connectivity index (χ4v) is 3.99. The molecule has 1 aliphatic rings. The summed E-state index contributed by atoms with van der Waals surface area (Å²) < 4.78 is 0. The molecule has 0 unspecified atom stereocenters. The molecule has 31 heavy (non-hydrogen) atoms. The van der Waals surface area contributed by atoms with Crippen LogP contribution in [0.1, 0.15) is 34.1 Å². The lowest BCUT2D eigenvalue weighted by Gasteiger charge is -2.30. The van der Waals surface area contributed by atoms with Crippen LogP contribution in [0.25, 0.3) is 6.08 Å². The predicted molar refractivity (Wildman–Crippen MR) is 117 cm³/mol. The largest absolute Gasteiger partial charge is 0.480 e. The van der Waals surface area contributed by atoms with E-state index in [0.29, 0.717) is 29.8 Å². The van der Waals surface area contributed by atoms with Gasteiger partial charge in [0, 0.05) is 19.3 Å². The number of aliphatic carboxylic acids is 1. The zero-order valence-corrected chi connectivity index (χ0v) is 18.1. The Bertz CT molecular complexity index is 1070. The van der Waals surface area contributed by atoms with Crippen LogP contribution in [0.15, 0.2) is 36.2 Å². The van der Waals surface area contributed by atoms with Crippen LogP contribution in [0.2, 0.25) is 10.0 Å². The number of carboxylic acid groups (broad SMARTS) is 1. The highest BCUT2D eigenvalue weighted by Gasteiger charge is 2.28. The molecule has 1 aromatic carbocycles. The first kappa shape index (κ1) is 22.6. The van der Waals surface area contributed by atoms with E-state index >= 15 is 0 Å². The number of nitrogens with zero attached hydrogens (tertiary/aromatic N) is 2. The average Bonchev–Trinajstić information content (AvgIpc) is 2.73. The minimum absolute atomic E-state index is 0.0181. The summed E-state index contributed by atoms with van der Waals surface area (Å²) in [5.41, 5.74) is 8.00. The van der Waals surface area contributed by atoms with Gasteiger partial charge in [-0.3, -0.25) is 19.4 Å².